The Bertz CT molecular complexity index is 997. The van der Waals surface area contributed by atoms with Gasteiger partial charge in [0.2, 0.25) is 5.70 Å². The average Bonchev–Trinajstić information content (AvgIpc) is 3.04. The number of allylic oxidation sites excluding steroid dienone is 2. The molecule has 2 heterocycles. The highest BCUT2D eigenvalue weighted by atomic mass is 32.1. The summed E-state index contributed by atoms with van der Waals surface area (Å²) in [6.45, 7) is 15.5. The summed E-state index contributed by atoms with van der Waals surface area (Å²) < 4.78 is 0. The molecule has 4 rings (SSSR count). The number of rotatable bonds is 1. The van der Waals surface area contributed by atoms with Crippen LogP contribution >= 0.6 is 11.3 Å². The molecule has 0 amide bonds. The van der Waals surface area contributed by atoms with Crippen LogP contribution in [0.3, 0.4) is 0 Å². The number of Topliss-reactive ketones (excluding diaryl/α,β-unsaturated/α-hetero) is 1. The van der Waals surface area contributed by atoms with Crippen molar-refractivity contribution in [3.05, 3.63) is 51.0 Å². The normalized spacial score (nSPS) is 26.5. The van der Waals surface area contributed by atoms with Crippen LogP contribution in [0.1, 0.15) is 43.5 Å². The smallest absolute Gasteiger partial charge is 0.226 e. The van der Waals surface area contributed by atoms with Gasteiger partial charge in [0, 0.05) is 22.4 Å². The number of hydrogen-bond acceptors (Lipinski definition) is 5. The van der Waals surface area contributed by atoms with Crippen molar-refractivity contribution in [2.24, 2.45) is 11.3 Å². The number of aryl methyl sites for hydroxylation is 2. The molecule has 2 aliphatic carbocycles. The largest absolute Gasteiger partial charge is 0.307 e. The van der Waals surface area contributed by atoms with Crippen LogP contribution < -0.4 is 0 Å². The molecular weight excluding hydrogens is 344 g/mol. The molecule has 0 bridgehead atoms. The molecule has 0 spiro atoms. The number of thiazole rings is 1. The Kier molecular flexibility index (Phi) is 3.64. The summed E-state index contributed by atoms with van der Waals surface area (Å²) in [4.78, 5) is 30.2. The van der Waals surface area contributed by atoms with Crippen molar-refractivity contribution in [3.63, 3.8) is 0 Å². The van der Waals surface area contributed by atoms with Crippen LogP contribution in [0.25, 0.3) is 16.4 Å². The Morgan fingerprint density at radius 3 is 2.73 bits per heavy atom. The number of carbonyl (C=O) groups excluding carboxylic acids is 1. The second kappa shape index (κ2) is 5.55. The lowest BCUT2D eigenvalue weighted by Gasteiger charge is -2.50. The Labute approximate surface area is 157 Å². The lowest BCUT2D eigenvalue weighted by molar-refractivity contribution is -0.128. The van der Waals surface area contributed by atoms with Crippen molar-refractivity contribution in [3.8, 4) is 11.5 Å². The fraction of sp³-hybridized carbons (Fsp3) is 0.450. The van der Waals surface area contributed by atoms with Crippen molar-refractivity contribution in [2.75, 3.05) is 0 Å². The van der Waals surface area contributed by atoms with Gasteiger partial charge >= 0.3 is 0 Å². The number of aromatic nitrogens is 3. The predicted molar refractivity (Wildman–Crippen MR) is 101 cm³/mol. The molecule has 132 valence electrons. The van der Waals surface area contributed by atoms with E-state index in [2.05, 4.69) is 21.7 Å². The van der Waals surface area contributed by atoms with Crippen LogP contribution in [0.4, 0.5) is 0 Å². The topological polar surface area (TPSA) is 60.1 Å². The minimum atomic E-state index is -0.580. The van der Waals surface area contributed by atoms with E-state index >= 15 is 0 Å². The molecule has 2 aliphatic rings. The van der Waals surface area contributed by atoms with Crippen molar-refractivity contribution in [1.29, 1.82) is 0 Å². The van der Waals surface area contributed by atoms with Gasteiger partial charge in [-0.05, 0) is 31.2 Å². The van der Waals surface area contributed by atoms with Gasteiger partial charge in [0.1, 0.15) is 5.69 Å². The van der Waals surface area contributed by atoms with Crippen LogP contribution in [0, 0.1) is 24.8 Å². The molecule has 2 aromatic heterocycles. The third-order valence-electron chi connectivity index (χ3n) is 5.90. The third kappa shape index (κ3) is 2.27. The second-order valence-electron chi connectivity index (χ2n) is 7.89. The van der Waals surface area contributed by atoms with Gasteiger partial charge in [-0.1, -0.05) is 26.8 Å². The van der Waals surface area contributed by atoms with E-state index in [0.717, 1.165) is 34.8 Å². The molecule has 0 fully saturated rings. The molecular formula is C20H20N4OS. The molecule has 0 aromatic carbocycles. The molecule has 0 radical (unpaired) electrons. The van der Waals surface area contributed by atoms with E-state index in [1.807, 2.05) is 38.4 Å². The summed E-state index contributed by atoms with van der Waals surface area (Å²) in [5.41, 5.74) is 2.01. The summed E-state index contributed by atoms with van der Waals surface area (Å²) in [5, 5.41) is 2.94. The lowest BCUT2D eigenvalue weighted by atomic mass is 9.53. The molecule has 0 saturated carbocycles. The monoisotopic (exact) mass is 364 g/mol. The Morgan fingerprint density at radius 2 is 2.08 bits per heavy atom. The number of carbonyl (C=O) groups is 1. The third-order valence-corrected chi connectivity index (χ3v) is 6.67. The van der Waals surface area contributed by atoms with Gasteiger partial charge in [-0.3, -0.25) is 0 Å². The maximum atomic E-state index is 12.8. The Hall–Kier alpha value is -2.39. The molecule has 6 heteroatoms. The summed E-state index contributed by atoms with van der Waals surface area (Å²) in [5.74, 6) is 0.672. The summed E-state index contributed by atoms with van der Waals surface area (Å²) in [7, 11) is 0. The number of nitrogens with zero attached hydrogens (tertiary/aromatic N) is 4. The summed E-state index contributed by atoms with van der Waals surface area (Å²) >= 11 is 1.58. The van der Waals surface area contributed by atoms with E-state index in [1.165, 1.54) is 0 Å². The molecule has 0 unspecified atom stereocenters. The number of fused-ring (bicyclic) bond motifs is 3. The predicted octanol–water partition coefficient (Wildman–Crippen LogP) is 4.14. The van der Waals surface area contributed by atoms with Gasteiger partial charge < -0.3 is 4.79 Å². The second-order valence-corrected chi connectivity index (χ2v) is 8.95. The van der Waals surface area contributed by atoms with E-state index in [1.54, 1.807) is 11.3 Å². The van der Waals surface area contributed by atoms with E-state index in [4.69, 9.17) is 11.6 Å². The SMILES string of the molecule is [C-]#[N+]C1=C[C@]2(C)c3nc(-c4csc(C)n4)ncc3CC[C@H]2C(C)(C)C1=O. The van der Waals surface area contributed by atoms with Gasteiger partial charge in [-0.2, -0.15) is 0 Å². The molecule has 2 atom stereocenters. The molecule has 2 aromatic rings. The zero-order valence-electron chi connectivity index (χ0n) is 15.3. The van der Waals surface area contributed by atoms with Crippen molar-refractivity contribution in [1.82, 2.24) is 15.0 Å². The average molecular weight is 364 g/mol. The fourth-order valence-electron chi connectivity index (χ4n) is 4.61. The van der Waals surface area contributed by atoms with Crippen LogP contribution in [0.5, 0.6) is 0 Å². The van der Waals surface area contributed by atoms with E-state index in [9.17, 15) is 4.79 Å². The minimum absolute atomic E-state index is 0.0529. The first-order valence-electron chi connectivity index (χ1n) is 8.71. The number of hydrogen-bond donors (Lipinski definition) is 0. The molecule has 26 heavy (non-hydrogen) atoms. The molecule has 5 nitrogen and oxygen atoms in total. The van der Waals surface area contributed by atoms with Gasteiger partial charge in [0.15, 0.2) is 11.6 Å². The molecule has 0 N–H and O–H groups in total. The zero-order chi connectivity index (χ0) is 18.7. The highest BCUT2D eigenvalue weighted by Gasteiger charge is 2.54. The molecule has 0 aliphatic heterocycles. The van der Waals surface area contributed by atoms with Crippen molar-refractivity contribution >= 4 is 17.1 Å². The molecule has 0 saturated heterocycles. The van der Waals surface area contributed by atoms with E-state index in [-0.39, 0.29) is 17.4 Å². The van der Waals surface area contributed by atoms with Crippen LogP contribution in [-0.2, 0) is 16.6 Å². The van der Waals surface area contributed by atoms with Crippen molar-refractivity contribution < 1.29 is 4.79 Å². The van der Waals surface area contributed by atoms with Gasteiger partial charge in [-0.15, -0.1) is 11.3 Å². The van der Waals surface area contributed by atoms with Crippen LogP contribution in [0.15, 0.2) is 23.3 Å². The van der Waals surface area contributed by atoms with Gasteiger partial charge in [0.05, 0.1) is 17.3 Å². The standard InChI is InChI=1S/C20H20N4OS/c1-11-23-14(10-26-11)18-22-9-12-6-7-15-19(2,3)17(25)13(21-5)8-20(15,4)16(12)24-18/h8-10,15H,6-7H2,1-4H3/t15-,20-/m0/s1. The first-order valence-corrected chi connectivity index (χ1v) is 9.59. The van der Waals surface area contributed by atoms with Gasteiger partial charge in [0.25, 0.3) is 0 Å². The van der Waals surface area contributed by atoms with Crippen LogP contribution in [-0.4, -0.2) is 20.7 Å². The summed E-state index contributed by atoms with van der Waals surface area (Å²) in [6.07, 6.45) is 5.48. The zero-order valence-corrected chi connectivity index (χ0v) is 16.1. The first kappa shape index (κ1) is 17.0. The Balaban J connectivity index is 1.93. The quantitative estimate of drug-likeness (QED) is 0.714. The van der Waals surface area contributed by atoms with Crippen molar-refractivity contribution in [2.45, 2.75) is 46.0 Å². The van der Waals surface area contributed by atoms with Crippen LogP contribution in [0.2, 0.25) is 0 Å². The maximum absolute atomic E-state index is 12.8. The summed E-state index contributed by atoms with van der Waals surface area (Å²) in [6, 6.07) is 0. The fourth-order valence-corrected chi connectivity index (χ4v) is 5.20. The van der Waals surface area contributed by atoms with E-state index in [0.29, 0.717) is 5.82 Å². The Morgan fingerprint density at radius 1 is 1.31 bits per heavy atom. The van der Waals surface area contributed by atoms with E-state index < -0.39 is 10.8 Å². The minimum Gasteiger partial charge on any atom is -0.307 e. The van der Waals surface area contributed by atoms with Gasteiger partial charge in [-0.25, -0.2) is 19.8 Å². The highest BCUT2D eigenvalue weighted by Crippen LogP contribution is 2.54. The number of ketones is 1. The lowest BCUT2D eigenvalue weighted by Crippen LogP contribution is -2.51. The first-order chi connectivity index (χ1) is 12.3. The highest BCUT2D eigenvalue weighted by molar-refractivity contribution is 7.09. The maximum Gasteiger partial charge on any atom is 0.226 e.